The Morgan fingerprint density at radius 3 is 1.78 bits per heavy atom. The summed E-state index contributed by atoms with van der Waals surface area (Å²) < 4.78 is 40.6. The van der Waals surface area contributed by atoms with E-state index in [0.29, 0.717) is 25.9 Å². The Hall–Kier alpha value is -9.87. The van der Waals surface area contributed by atoms with Gasteiger partial charge in [0.05, 0.1) is 42.6 Å². The van der Waals surface area contributed by atoms with E-state index in [9.17, 15) is 43.2 Å². The molecule has 4 aromatic rings. The van der Waals surface area contributed by atoms with Gasteiger partial charge < -0.3 is 75.3 Å². The summed E-state index contributed by atoms with van der Waals surface area (Å²) in [7, 11) is 0. The summed E-state index contributed by atoms with van der Waals surface area (Å²) in [6.07, 6.45) is 9.30. The molecule has 2 saturated carbocycles. The number of amides is 8. The van der Waals surface area contributed by atoms with Crippen LogP contribution in [0.5, 0.6) is 0 Å². The summed E-state index contributed by atoms with van der Waals surface area (Å²) in [6.45, 7) is 19.1. The number of anilines is 1. The van der Waals surface area contributed by atoms with Crippen molar-refractivity contribution in [2.24, 2.45) is 17.8 Å². The van der Waals surface area contributed by atoms with E-state index in [4.69, 9.17) is 33.2 Å². The number of ether oxygens (including phenoxy) is 7. The molecule has 28 nitrogen and oxygen atoms in total. The van der Waals surface area contributed by atoms with Gasteiger partial charge >= 0.3 is 30.0 Å². The van der Waals surface area contributed by atoms with E-state index in [1.165, 1.54) is 60.2 Å². The average molecular weight is 1670 g/mol. The first-order chi connectivity index (χ1) is 56.7. The van der Waals surface area contributed by atoms with Gasteiger partial charge in [0.25, 0.3) is 0 Å². The zero-order chi connectivity index (χ0) is 86.1. The highest BCUT2D eigenvalue weighted by molar-refractivity contribution is 8.00. The van der Waals surface area contributed by atoms with Gasteiger partial charge in [-0.2, -0.15) is 0 Å². The number of esters is 4. The molecule has 3 aliphatic heterocycles. The predicted molar refractivity (Wildman–Crippen MR) is 448 cm³/mol. The van der Waals surface area contributed by atoms with Crippen molar-refractivity contribution in [2.75, 3.05) is 50.5 Å². The third-order valence-corrected chi connectivity index (χ3v) is 24.0. The summed E-state index contributed by atoms with van der Waals surface area (Å²) in [6, 6.07) is 27.2. The topological polar surface area (TPSA) is 360 Å². The number of nitrogens with zero attached hydrogens (tertiary/aromatic N) is 2. The SMILES string of the molecule is C=CCOC(=O)C[C@H](NC(=O)C(CSC(c1ccccc1)(c1ccccc1)c1ccccc1)NC(=O)CNC(=O)C(NC(=O)CNC(=O)C1CC2c3ccccc3NC2N1C(=O)OC(C)(C)C)C(C)CC)C(=O)N1C[C@H](OC2CCCC(COC3CCCCCCCC3)C2)C[C@H]1C(=O)NC(C(=O)OC(C)(C)C)[C@@H](C)[C@H](COC(C)=O)OC(C)=O. The molecule has 14 atom stereocenters. The summed E-state index contributed by atoms with van der Waals surface area (Å²) >= 11 is 1.28. The second-order valence-corrected chi connectivity index (χ2v) is 35.1. The molecule has 5 aliphatic rings. The molecule has 0 bridgehead atoms. The number of thioether (sulfide) groups is 1. The van der Waals surface area contributed by atoms with E-state index in [2.05, 4.69) is 43.8 Å². The van der Waals surface area contributed by atoms with E-state index >= 15 is 14.4 Å². The standard InChI is InChI=1S/C90H123N9O19S/c1-13-45-112-77(104)49-70(85(109)98-52-66(116-65-42-32-33-60(46-65)53-114-64-40-28-17-15-16-18-29-41-64)47-72(98)83(107)97-79(86(110)117-88(7,8)9)57(4)74(115-59(6)101)54-113-58(5)100)95-81(105)71(55-119-90(61-34-22-19-23-35-61,62-36-24-20-25-37-62)63-38-26-21-27-39-63)93-75(102)50-92-84(108)78(56(3)14-2)96-76(103)51-91-82(106)73-48-68-67-43-30-31-44-69(67)94-80(68)99(73)87(111)118-89(10,11)12/h13,19-27,30-31,34-39,43-44,56-57,60,64-66,68,70-74,78-80,94H,1,14-18,28-29,32-33,40-42,45-55H2,2-12H3,(H,91,106)(H,92,108)(H,93,102)(H,95,105)(H,96,103)(H,97,107)/t56?,57-,60?,65?,66+,68?,70-,71?,72-,73?,74-,78?,79?,80?/m0/s1. The van der Waals surface area contributed by atoms with Gasteiger partial charge in [-0.25, -0.2) is 9.59 Å². The maximum Gasteiger partial charge on any atom is 0.412 e. The van der Waals surface area contributed by atoms with Gasteiger partial charge in [-0.15, -0.1) is 11.8 Å². The Bertz CT molecular complexity index is 4020. The largest absolute Gasteiger partial charge is 0.462 e. The van der Waals surface area contributed by atoms with Crippen LogP contribution < -0.4 is 37.2 Å². The number of hydrogen-bond donors (Lipinski definition) is 7. The molecule has 9 rings (SSSR count). The Morgan fingerprint density at radius 2 is 1.18 bits per heavy atom. The quantitative estimate of drug-likeness (QED) is 0.00963. The average Bonchev–Trinajstić information content (AvgIpc) is 1.58. The number of carbonyl (C=O) groups is 12. The summed E-state index contributed by atoms with van der Waals surface area (Å²) in [5, 5.41) is 19.8. The van der Waals surface area contributed by atoms with Gasteiger partial charge in [0.1, 0.15) is 72.9 Å². The number of nitrogens with one attached hydrogen (secondary N) is 7. The van der Waals surface area contributed by atoms with Crippen LogP contribution in [0, 0.1) is 17.8 Å². The third kappa shape index (κ3) is 26.6. The zero-order valence-electron chi connectivity index (χ0n) is 70.7. The monoisotopic (exact) mass is 1670 g/mol. The number of likely N-dealkylation sites (tertiary alicyclic amines) is 2. The smallest absolute Gasteiger partial charge is 0.412 e. The van der Waals surface area contributed by atoms with Crippen molar-refractivity contribution in [3.8, 4) is 0 Å². The van der Waals surface area contributed by atoms with Gasteiger partial charge in [0, 0.05) is 56.7 Å². The lowest BCUT2D eigenvalue weighted by atomic mass is 9.84. The highest BCUT2D eigenvalue weighted by Gasteiger charge is 2.53. The number of benzene rings is 4. The van der Waals surface area contributed by atoms with Crippen molar-refractivity contribution in [2.45, 2.75) is 268 Å². The van der Waals surface area contributed by atoms with Crippen molar-refractivity contribution >= 4 is 88.8 Å². The number of carbonyl (C=O) groups excluding carboxylic acids is 12. The van der Waals surface area contributed by atoms with Gasteiger partial charge in [0.15, 0.2) is 0 Å². The van der Waals surface area contributed by atoms with Crippen LogP contribution in [0.3, 0.4) is 0 Å². The molecule has 119 heavy (non-hydrogen) atoms. The molecule has 0 spiro atoms. The normalized spacial score (nSPS) is 21.2. The molecule has 0 aromatic heterocycles. The molecule has 3 heterocycles. The van der Waals surface area contributed by atoms with Crippen LogP contribution in [0.25, 0.3) is 0 Å². The fraction of sp³-hybridized carbons (Fsp3) is 0.578. The fourth-order valence-electron chi connectivity index (χ4n) is 16.3. The Labute approximate surface area is 703 Å². The number of fused-ring (bicyclic) bond motifs is 3. The molecule has 7 N–H and O–H groups in total. The fourth-order valence-corrected chi connectivity index (χ4v) is 17.9. The lowest BCUT2D eigenvalue weighted by Gasteiger charge is -2.37. The Kier molecular flexibility index (Phi) is 34.3. The van der Waals surface area contributed by atoms with Crippen molar-refractivity contribution in [1.29, 1.82) is 0 Å². The minimum atomic E-state index is -1.85. The van der Waals surface area contributed by atoms with Gasteiger partial charge in [0.2, 0.25) is 41.4 Å². The highest BCUT2D eigenvalue weighted by Crippen LogP contribution is 2.50. The maximum atomic E-state index is 16.1. The summed E-state index contributed by atoms with van der Waals surface area (Å²) in [5.74, 6) is -11.4. The summed E-state index contributed by atoms with van der Waals surface area (Å²) in [5.41, 5.74) is 2.08. The molecule has 2 saturated heterocycles. The van der Waals surface area contributed by atoms with Gasteiger partial charge in [-0.05, 0) is 120 Å². The second-order valence-electron chi connectivity index (χ2n) is 33.9. The molecular weight excluding hydrogens is 1540 g/mol. The van der Waals surface area contributed by atoms with Crippen LogP contribution in [-0.2, 0) is 90.6 Å². The highest BCUT2D eigenvalue weighted by atomic mass is 32.2. The van der Waals surface area contributed by atoms with E-state index in [1.54, 1.807) is 55.4 Å². The molecule has 4 aromatic carbocycles. The molecule has 29 heteroatoms. The first kappa shape index (κ1) is 93.0. The van der Waals surface area contributed by atoms with Crippen LogP contribution >= 0.6 is 11.8 Å². The molecular formula is C90H123N9O19S. The van der Waals surface area contributed by atoms with Crippen molar-refractivity contribution in [1.82, 2.24) is 41.7 Å². The minimum absolute atomic E-state index is 0.152. The predicted octanol–water partition coefficient (Wildman–Crippen LogP) is 10.1. The molecule has 4 fully saturated rings. The lowest BCUT2D eigenvalue weighted by Crippen LogP contribution is -2.60. The van der Waals surface area contributed by atoms with Crippen molar-refractivity contribution < 1.29 is 90.7 Å². The van der Waals surface area contributed by atoms with E-state index < -0.39 is 180 Å². The molecule has 0 radical (unpaired) electrons. The maximum absolute atomic E-state index is 16.1. The van der Waals surface area contributed by atoms with Crippen molar-refractivity contribution in [3.63, 3.8) is 0 Å². The summed E-state index contributed by atoms with van der Waals surface area (Å²) in [4.78, 5) is 175. The van der Waals surface area contributed by atoms with E-state index in [0.717, 1.165) is 80.3 Å². The molecule has 8 amide bonds. The molecule has 2 aliphatic carbocycles. The Morgan fingerprint density at radius 1 is 0.597 bits per heavy atom. The zero-order valence-corrected chi connectivity index (χ0v) is 71.6. The second kappa shape index (κ2) is 43.9. The van der Waals surface area contributed by atoms with E-state index in [1.807, 2.05) is 115 Å². The lowest BCUT2D eigenvalue weighted by molar-refractivity contribution is -0.168. The van der Waals surface area contributed by atoms with Gasteiger partial charge in [-0.1, -0.05) is 194 Å². The first-order valence-electron chi connectivity index (χ1n) is 42.1. The number of para-hydroxylation sites is 1. The van der Waals surface area contributed by atoms with Crippen LogP contribution in [0.15, 0.2) is 128 Å². The molecule has 9 unspecified atom stereocenters. The van der Waals surface area contributed by atoms with Crippen molar-refractivity contribution in [3.05, 3.63) is 150 Å². The van der Waals surface area contributed by atoms with Crippen LogP contribution in [0.4, 0.5) is 10.5 Å². The van der Waals surface area contributed by atoms with Crippen LogP contribution in [0.1, 0.15) is 207 Å². The molecule has 648 valence electrons. The van der Waals surface area contributed by atoms with Crippen LogP contribution in [0.2, 0.25) is 0 Å². The van der Waals surface area contributed by atoms with E-state index in [-0.39, 0.29) is 55.8 Å². The third-order valence-electron chi connectivity index (χ3n) is 22.4. The number of hydrogen-bond acceptors (Lipinski definition) is 21. The number of rotatable bonds is 36. The Balaban J connectivity index is 1.01. The van der Waals surface area contributed by atoms with Crippen LogP contribution in [-0.4, -0.2) is 204 Å². The first-order valence-corrected chi connectivity index (χ1v) is 43.0. The van der Waals surface area contributed by atoms with Gasteiger partial charge in [-0.3, -0.25) is 52.8 Å². The minimum Gasteiger partial charge on any atom is -0.462 e.